The van der Waals surface area contributed by atoms with Crippen LogP contribution in [0.3, 0.4) is 0 Å². The van der Waals surface area contributed by atoms with E-state index in [9.17, 15) is 0 Å². The average molecular weight is 258 g/mol. The zero-order valence-electron chi connectivity index (χ0n) is 5.88. The zero-order valence-corrected chi connectivity index (χ0v) is 8.04. The molecule has 0 aromatic carbocycles. The highest BCUT2D eigenvalue weighted by atomic mass is 127. The van der Waals surface area contributed by atoms with E-state index in [1.165, 1.54) is 0 Å². The minimum absolute atomic E-state index is 0.126. The lowest BCUT2D eigenvalue weighted by molar-refractivity contribution is -0.137. The first kappa shape index (κ1) is 8.70. The van der Waals surface area contributed by atoms with Crippen LogP contribution in [-0.4, -0.2) is 32.0 Å². The standard InChI is InChI=1S/C6H11IO3/c1-5-2-8-3-6(10-5)4-9-7/h5-6H,2-4H2,1H3. The summed E-state index contributed by atoms with van der Waals surface area (Å²) in [5.74, 6) is 0. The van der Waals surface area contributed by atoms with Crippen molar-refractivity contribution in [2.75, 3.05) is 19.8 Å². The van der Waals surface area contributed by atoms with Gasteiger partial charge in [0.25, 0.3) is 0 Å². The molecule has 0 aliphatic carbocycles. The van der Waals surface area contributed by atoms with E-state index in [1.807, 2.05) is 29.9 Å². The summed E-state index contributed by atoms with van der Waals surface area (Å²) in [5.41, 5.74) is 0. The van der Waals surface area contributed by atoms with Gasteiger partial charge in [0.15, 0.2) is 0 Å². The third-order valence-electron chi connectivity index (χ3n) is 1.33. The van der Waals surface area contributed by atoms with E-state index in [1.54, 1.807) is 0 Å². The normalized spacial score (nSPS) is 34.2. The number of hydrogen-bond acceptors (Lipinski definition) is 3. The van der Waals surface area contributed by atoms with Crippen molar-refractivity contribution in [3.8, 4) is 0 Å². The molecule has 0 saturated carbocycles. The average Bonchev–Trinajstić information content (AvgIpc) is 1.88. The molecule has 0 bridgehead atoms. The molecule has 0 N–H and O–H groups in total. The Bertz CT molecular complexity index is 97.0. The van der Waals surface area contributed by atoms with Crippen molar-refractivity contribution in [1.82, 2.24) is 0 Å². The predicted octanol–water partition coefficient (Wildman–Crippen LogP) is 1.16. The molecule has 0 aromatic rings. The molecule has 0 spiro atoms. The Labute approximate surface area is 74.7 Å². The fourth-order valence-corrected chi connectivity index (χ4v) is 1.33. The van der Waals surface area contributed by atoms with Gasteiger partial charge in [-0.15, -0.1) is 0 Å². The van der Waals surface area contributed by atoms with Gasteiger partial charge in [-0.3, -0.25) is 0 Å². The van der Waals surface area contributed by atoms with Crippen molar-refractivity contribution in [3.63, 3.8) is 0 Å². The minimum atomic E-state index is 0.126. The van der Waals surface area contributed by atoms with Gasteiger partial charge in [0.2, 0.25) is 0 Å². The maximum Gasteiger partial charge on any atom is 0.109 e. The lowest BCUT2D eigenvalue weighted by Crippen LogP contribution is -2.36. The summed E-state index contributed by atoms with van der Waals surface area (Å²) in [6.45, 7) is 3.98. The highest BCUT2D eigenvalue weighted by molar-refractivity contribution is 14.1. The van der Waals surface area contributed by atoms with Crippen LogP contribution in [0.5, 0.6) is 0 Å². The molecule has 60 valence electrons. The number of ether oxygens (including phenoxy) is 2. The summed E-state index contributed by atoms with van der Waals surface area (Å²) in [6.07, 6.45) is 0.339. The Morgan fingerprint density at radius 1 is 1.60 bits per heavy atom. The van der Waals surface area contributed by atoms with Crippen LogP contribution in [0.15, 0.2) is 0 Å². The van der Waals surface area contributed by atoms with Gasteiger partial charge < -0.3 is 12.5 Å². The van der Waals surface area contributed by atoms with E-state index in [4.69, 9.17) is 12.5 Å². The molecule has 10 heavy (non-hydrogen) atoms. The molecule has 1 fully saturated rings. The van der Waals surface area contributed by atoms with Crippen molar-refractivity contribution in [2.24, 2.45) is 0 Å². The van der Waals surface area contributed by atoms with Gasteiger partial charge in [-0.2, -0.15) is 0 Å². The summed E-state index contributed by atoms with van der Waals surface area (Å²) in [7, 11) is 0. The summed E-state index contributed by atoms with van der Waals surface area (Å²) in [6, 6.07) is 0. The van der Waals surface area contributed by atoms with E-state index < -0.39 is 0 Å². The second-order valence-electron chi connectivity index (χ2n) is 2.38. The fraction of sp³-hybridized carbons (Fsp3) is 1.00. The first-order chi connectivity index (χ1) is 4.83. The lowest BCUT2D eigenvalue weighted by Gasteiger charge is -2.26. The Morgan fingerprint density at radius 3 is 3.00 bits per heavy atom. The molecule has 2 atom stereocenters. The van der Waals surface area contributed by atoms with Crippen LogP contribution in [0.4, 0.5) is 0 Å². The number of rotatable bonds is 2. The minimum Gasteiger partial charge on any atom is -0.376 e. The van der Waals surface area contributed by atoms with Gasteiger partial charge in [-0.25, -0.2) is 0 Å². The van der Waals surface area contributed by atoms with Crippen molar-refractivity contribution < 1.29 is 12.5 Å². The third kappa shape index (κ3) is 2.69. The first-order valence-corrected chi connectivity index (χ1v) is 4.17. The molecule has 0 radical (unpaired) electrons. The fourth-order valence-electron chi connectivity index (χ4n) is 0.930. The highest BCUT2D eigenvalue weighted by Crippen LogP contribution is 2.08. The monoisotopic (exact) mass is 258 g/mol. The van der Waals surface area contributed by atoms with Gasteiger partial charge in [0.05, 0.1) is 25.9 Å². The zero-order chi connectivity index (χ0) is 7.40. The molecular formula is C6H11IO3. The summed E-state index contributed by atoms with van der Waals surface area (Å²) < 4.78 is 15.6. The molecule has 1 rings (SSSR count). The number of hydrogen-bond donors (Lipinski definition) is 0. The van der Waals surface area contributed by atoms with Crippen molar-refractivity contribution in [3.05, 3.63) is 0 Å². The summed E-state index contributed by atoms with van der Waals surface area (Å²) in [4.78, 5) is 0. The van der Waals surface area contributed by atoms with E-state index in [0.29, 0.717) is 19.8 Å². The third-order valence-corrected chi connectivity index (χ3v) is 1.69. The Kier molecular flexibility index (Phi) is 3.90. The lowest BCUT2D eigenvalue weighted by atomic mass is 10.3. The molecule has 0 amide bonds. The largest absolute Gasteiger partial charge is 0.376 e. The quantitative estimate of drug-likeness (QED) is 0.695. The van der Waals surface area contributed by atoms with Crippen LogP contribution in [0, 0.1) is 0 Å². The van der Waals surface area contributed by atoms with Crippen LogP contribution < -0.4 is 0 Å². The van der Waals surface area contributed by atoms with Gasteiger partial charge in [0.1, 0.15) is 29.1 Å². The van der Waals surface area contributed by atoms with Crippen molar-refractivity contribution >= 4 is 23.0 Å². The molecule has 1 saturated heterocycles. The maximum absolute atomic E-state index is 5.47. The second kappa shape index (κ2) is 4.48. The highest BCUT2D eigenvalue weighted by Gasteiger charge is 2.19. The van der Waals surface area contributed by atoms with Gasteiger partial charge in [0, 0.05) is 0 Å². The molecule has 4 heteroatoms. The predicted molar refractivity (Wildman–Crippen MR) is 45.1 cm³/mol. The molecule has 3 nitrogen and oxygen atoms in total. The van der Waals surface area contributed by atoms with Crippen LogP contribution in [-0.2, 0) is 12.5 Å². The smallest absolute Gasteiger partial charge is 0.109 e. The second-order valence-corrected chi connectivity index (χ2v) is 3.00. The molecule has 0 aromatic heterocycles. The van der Waals surface area contributed by atoms with Crippen molar-refractivity contribution in [2.45, 2.75) is 19.1 Å². The molecular weight excluding hydrogens is 247 g/mol. The maximum atomic E-state index is 5.47. The van der Waals surface area contributed by atoms with Crippen LogP contribution in [0.25, 0.3) is 0 Å². The van der Waals surface area contributed by atoms with E-state index in [-0.39, 0.29) is 12.2 Å². The van der Waals surface area contributed by atoms with Gasteiger partial charge >= 0.3 is 0 Å². The SMILES string of the molecule is CC1COCC(COI)O1. The summed E-state index contributed by atoms with van der Waals surface area (Å²) >= 11 is 1.86. The van der Waals surface area contributed by atoms with Gasteiger partial charge in [-0.05, 0) is 6.92 Å². The van der Waals surface area contributed by atoms with Crippen LogP contribution >= 0.6 is 23.0 Å². The van der Waals surface area contributed by atoms with Crippen LogP contribution in [0.2, 0.25) is 0 Å². The molecule has 2 unspecified atom stereocenters. The van der Waals surface area contributed by atoms with E-state index >= 15 is 0 Å². The number of halogens is 1. The van der Waals surface area contributed by atoms with Crippen molar-refractivity contribution in [1.29, 1.82) is 0 Å². The first-order valence-electron chi connectivity index (χ1n) is 3.29. The molecule has 1 heterocycles. The van der Waals surface area contributed by atoms with E-state index in [2.05, 4.69) is 0 Å². The Balaban J connectivity index is 2.18. The molecule has 1 aliphatic heterocycles. The Morgan fingerprint density at radius 2 is 2.40 bits per heavy atom. The van der Waals surface area contributed by atoms with Crippen LogP contribution in [0.1, 0.15) is 6.92 Å². The molecule has 1 aliphatic rings. The Hall–Kier alpha value is 0.610. The van der Waals surface area contributed by atoms with Gasteiger partial charge in [-0.1, -0.05) is 0 Å². The summed E-state index contributed by atoms with van der Waals surface area (Å²) in [5, 5.41) is 0. The topological polar surface area (TPSA) is 27.7 Å². The van der Waals surface area contributed by atoms with E-state index in [0.717, 1.165) is 0 Å².